The van der Waals surface area contributed by atoms with Crippen molar-refractivity contribution in [1.82, 2.24) is 5.32 Å². The van der Waals surface area contributed by atoms with Crippen LogP contribution in [0, 0.1) is 17.8 Å². The molecule has 2 heteroatoms. The summed E-state index contributed by atoms with van der Waals surface area (Å²) in [7, 11) is 0. The summed E-state index contributed by atoms with van der Waals surface area (Å²) < 4.78 is 0. The van der Waals surface area contributed by atoms with E-state index in [0.717, 1.165) is 19.5 Å². The van der Waals surface area contributed by atoms with E-state index in [1.807, 2.05) is 0 Å². The molecule has 2 nitrogen and oxygen atoms in total. The highest BCUT2D eigenvalue weighted by Crippen LogP contribution is 2.43. The Labute approximate surface area is 80.7 Å². The molecule has 0 bridgehead atoms. The molecule has 1 saturated heterocycles. The van der Waals surface area contributed by atoms with Gasteiger partial charge in [-0.2, -0.15) is 0 Å². The first-order valence-corrected chi connectivity index (χ1v) is 5.57. The first-order valence-electron chi connectivity index (χ1n) is 5.57. The molecule has 2 rings (SSSR count). The molecule has 2 N–H and O–H groups in total. The van der Waals surface area contributed by atoms with Gasteiger partial charge in [0, 0.05) is 19.0 Å². The third-order valence-electron chi connectivity index (χ3n) is 4.37. The Morgan fingerprint density at radius 3 is 2.54 bits per heavy atom. The number of rotatable bonds is 1. The Bertz CT molecular complexity index is 191. The molecule has 13 heavy (non-hydrogen) atoms. The van der Waals surface area contributed by atoms with E-state index >= 15 is 0 Å². The maximum Gasteiger partial charge on any atom is 0.0728 e. The van der Waals surface area contributed by atoms with Gasteiger partial charge in [0.15, 0.2) is 0 Å². The highest BCUT2D eigenvalue weighted by Gasteiger charge is 2.47. The number of nitrogens with one attached hydrogen (secondary N) is 1. The molecule has 2 aliphatic rings. The van der Waals surface area contributed by atoms with Crippen molar-refractivity contribution in [3.05, 3.63) is 0 Å². The van der Waals surface area contributed by atoms with Gasteiger partial charge in [-0.25, -0.2) is 0 Å². The van der Waals surface area contributed by atoms with Crippen LogP contribution in [0.15, 0.2) is 0 Å². The molecule has 1 saturated carbocycles. The van der Waals surface area contributed by atoms with Crippen LogP contribution < -0.4 is 5.32 Å². The molecule has 3 unspecified atom stereocenters. The Kier molecular flexibility index (Phi) is 2.37. The molecular weight excluding hydrogens is 162 g/mol. The fraction of sp³-hybridized carbons (Fsp3) is 1.00. The van der Waals surface area contributed by atoms with E-state index in [4.69, 9.17) is 0 Å². The zero-order valence-electron chi connectivity index (χ0n) is 8.71. The Balaban J connectivity index is 2.09. The predicted molar refractivity (Wildman–Crippen MR) is 53.5 cm³/mol. The van der Waals surface area contributed by atoms with Crippen LogP contribution in [0.3, 0.4) is 0 Å². The smallest absolute Gasteiger partial charge is 0.0728 e. The minimum absolute atomic E-state index is 0.358. The lowest BCUT2D eigenvalue weighted by Gasteiger charge is -2.50. The summed E-state index contributed by atoms with van der Waals surface area (Å²) in [6.45, 7) is 6.55. The normalized spacial score (nSPS) is 47.3. The van der Waals surface area contributed by atoms with E-state index < -0.39 is 0 Å². The summed E-state index contributed by atoms with van der Waals surface area (Å²) in [6.07, 6.45) is 3.52. The molecule has 1 aliphatic heterocycles. The molecule has 1 heterocycles. The second-order valence-corrected chi connectivity index (χ2v) is 5.00. The lowest BCUT2D eigenvalue weighted by Crippen LogP contribution is -2.60. The van der Waals surface area contributed by atoms with Crippen LogP contribution in [0.5, 0.6) is 0 Å². The van der Waals surface area contributed by atoms with Crippen molar-refractivity contribution in [3.8, 4) is 0 Å². The van der Waals surface area contributed by atoms with Crippen molar-refractivity contribution < 1.29 is 5.11 Å². The van der Waals surface area contributed by atoms with Gasteiger partial charge in [-0.05, 0) is 18.3 Å². The van der Waals surface area contributed by atoms with Gasteiger partial charge in [-0.3, -0.25) is 0 Å². The summed E-state index contributed by atoms with van der Waals surface area (Å²) >= 11 is 0. The molecule has 3 atom stereocenters. The third-order valence-corrected chi connectivity index (χ3v) is 4.37. The summed E-state index contributed by atoms with van der Waals surface area (Å²) in [5, 5.41) is 13.8. The third kappa shape index (κ3) is 1.40. The van der Waals surface area contributed by atoms with E-state index in [1.165, 1.54) is 12.8 Å². The molecule has 0 radical (unpaired) electrons. The van der Waals surface area contributed by atoms with Crippen molar-refractivity contribution in [2.45, 2.75) is 38.7 Å². The maximum absolute atomic E-state index is 10.6. The zero-order chi connectivity index (χ0) is 9.47. The topological polar surface area (TPSA) is 32.3 Å². The lowest BCUT2D eigenvalue weighted by atomic mass is 9.63. The van der Waals surface area contributed by atoms with Crippen molar-refractivity contribution in [3.63, 3.8) is 0 Å². The van der Waals surface area contributed by atoms with Crippen LogP contribution in [0.2, 0.25) is 0 Å². The molecule has 0 aromatic carbocycles. The highest BCUT2D eigenvalue weighted by atomic mass is 16.3. The highest BCUT2D eigenvalue weighted by molar-refractivity contribution is 5.00. The van der Waals surface area contributed by atoms with Crippen LogP contribution in [0.1, 0.15) is 33.1 Å². The van der Waals surface area contributed by atoms with Crippen molar-refractivity contribution in [2.75, 3.05) is 13.1 Å². The van der Waals surface area contributed by atoms with Crippen LogP contribution in [0.4, 0.5) is 0 Å². The van der Waals surface area contributed by atoms with Crippen LogP contribution in [-0.4, -0.2) is 23.8 Å². The average molecular weight is 183 g/mol. The van der Waals surface area contributed by atoms with Gasteiger partial charge in [-0.1, -0.05) is 26.7 Å². The molecule has 0 spiro atoms. The van der Waals surface area contributed by atoms with Gasteiger partial charge < -0.3 is 10.4 Å². The maximum atomic E-state index is 10.6. The van der Waals surface area contributed by atoms with Gasteiger partial charge in [0.05, 0.1) is 5.60 Å². The first-order chi connectivity index (χ1) is 6.14. The lowest BCUT2D eigenvalue weighted by molar-refractivity contribution is -0.120. The van der Waals surface area contributed by atoms with E-state index in [1.54, 1.807) is 0 Å². The second kappa shape index (κ2) is 3.25. The summed E-state index contributed by atoms with van der Waals surface area (Å²) in [6, 6.07) is 0. The minimum Gasteiger partial charge on any atom is -0.389 e. The van der Waals surface area contributed by atoms with Gasteiger partial charge in [0.25, 0.3) is 0 Å². The largest absolute Gasteiger partial charge is 0.389 e. The van der Waals surface area contributed by atoms with E-state index in [9.17, 15) is 5.11 Å². The fourth-order valence-electron chi connectivity index (χ4n) is 2.90. The molecule has 2 fully saturated rings. The molecule has 76 valence electrons. The van der Waals surface area contributed by atoms with E-state index in [-0.39, 0.29) is 5.60 Å². The summed E-state index contributed by atoms with van der Waals surface area (Å²) in [5.74, 6) is 1.69. The Morgan fingerprint density at radius 2 is 2.00 bits per heavy atom. The van der Waals surface area contributed by atoms with Crippen molar-refractivity contribution in [2.24, 2.45) is 17.8 Å². The standard InChI is InChI=1S/C11H21NO/c1-8-4-3-5-11(13,9(8)2)10-6-12-7-10/h8-10,12-13H,3-7H2,1-2H3. The Morgan fingerprint density at radius 1 is 1.31 bits per heavy atom. The van der Waals surface area contributed by atoms with Crippen LogP contribution in [0.25, 0.3) is 0 Å². The number of hydrogen-bond acceptors (Lipinski definition) is 2. The Hall–Kier alpha value is -0.0800. The first kappa shape index (κ1) is 9.47. The van der Waals surface area contributed by atoms with Crippen molar-refractivity contribution in [1.29, 1.82) is 0 Å². The summed E-state index contributed by atoms with van der Waals surface area (Å²) in [4.78, 5) is 0. The second-order valence-electron chi connectivity index (χ2n) is 5.00. The van der Waals surface area contributed by atoms with Gasteiger partial charge in [-0.15, -0.1) is 0 Å². The molecule has 1 aliphatic carbocycles. The molecular formula is C11H21NO. The van der Waals surface area contributed by atoms with Gasteiger partial charge in [0.1, 0.15) is 0 Å². The number of hydrogen-bond donors (Lipinski definition) is 2. The van der Waals surface area contributed by atoms with E-state index in [0.29, 0.717) is 17.8 Å². The van der Waals surface area contributed by atoms with Crippen LogP contribution in [-0.2, 0) is 0 Å². The molecule has 0 amide bonds. The fourth-order valence-corrected chi connectivity index (χ4v) is 2.90. The van der Waals surface area contributed by atoms with Crippen LogP contribution >= 0.6 is 0 Å². The SMILES string of the molecule is CC1CCCC(O)(C2CNC2)C1C. The van der Waals surface area contributed by atoms with Crippen molar-refractivity contribution >= 4 is 0 Å². The minimum atomic E-state index is -0.358. The van der Waals surface area contributed by atoms with Gasteiger partial charge >= 0.3 is 0 Å². The predicted octanol–water partition coefficient (Wildman–Crippen LogP) is 1.39. The molecule has 0 aromatic rings. The molecule has 0 aromatic heterocycles. The average Bonchev–Trinajstić information content (AvgIpc) is 1.97. The van der Waals surface area contributed by atoms with E-state index in [2.05, 4.69) is 19.2 Å². The zero-order valence-corrected chi connectivity index (χ0v) is 8.71. The van der Waals surface area contributed by atoms with Gasteiger partial charge in [0.2, 0.25) is 0 Å². The summed E-state index contributed by atoms with van der Waals surface area (Å²) in [5.41, 5.74) is -0.358. The monoisotopic (exact) mass is 183 g/mol. The number of aliphatic hydroxyl groups is 1. The quantitative estimate of drug-likeness (QED) is 0.644.